The van der Waals surface area contributed by atoms with Crippen LogP contribution >= 0.6 is 15.9 Å². The molecule has 20 heavy (non-hydrogen) atoms. The van der Waals surface area contributed by atoms with E-state index in [1.807, 2.05) is 0 Å². The second-order valence-corrected chi connectivity index (χ2v) is 5.62. The summed E-state index contributed by atoms with van der Waals surface area (Å²) in [4.78, 5) is 22.0. The first-order valence-corrected chi connectivity index (χ1v) is 6.46. The largest absolute Gasteiger partial charge is 0.465 e. The molecule has 0 aliphatic carbocycles. The summed E-state index contributed by atoms with van der Waals surface area (Å²) in [5.41, 5.74) is -0.763. The lowest BCUT2D eigenvalue weighted by Gasteiger charge is -2.25. The molecule has 0 atom stereocenters. The fourth-order valence-electron chi connectivity index (χ4n) is 1.47. The van der Waals surface area contributed by atoms with Gasteiger partial charge in [0.05, 0.1) is 29.7 Å². The van der Waals surface area contributed by atoms with Crippen LogP contribution in [0.5, 0.6) is 0 Å². The molecule has 0 bridgehead atoms. The van der Waals surface area contributed by atoms with Crippen LogP contribution in [0.2, 0.25) is 0 Å². The number of aliphatic hydroxyl groups is 1. The third kappa shape index (κ3) is 3.67. The lowest BCUT2D eigenvalue weighted by atomic mass is 10.1. The average molecular weight is 347 g/mol. The smallest absolute Gasteiger partial charge is 0.338 e. The quantitative estimate of drug-likeness (QED) is 0.482. The number of nitro benzene ring substituents is 1. The van der Waals surface area contributed by atoms with Crippen molar-refractivity contribution in [3.05, 3.63) is 32.3 Å². The van der Waals surface area contributed by atoms with E-state index < -0.39 is 16.4 Å². The van der Waals surface area contributed by atoms with E-state index in [9.17, 15) is 20.0 Å². The van der Waals surface area contributed by atoms with Crippen LogP contribution in [0.4, 0.5) is 11.4 Å². The monoisotopic (exact) mass is 346 g/mol. The van der Waals surface area contributed by atoms with Crippen LogP contribution in [0.25, 0.3) is 0 Å². The Balaban J connectivity index is 3.37. The molecule has 0 aromatic heterocycles. The minimum Gasteiger partial charge on any atom is -0.465 e. The Hall–Kier alpha value is -1.67. The van der Waals surface area contributed by atoms with Crippen LogP contribution in [0, 0.1) is 10.1 Å². The zero-order chi connectivity index (χ0) is 15.5. The Morgan fingerprint density at radius 1 is 1.55 bits per heavy atom. The van der Waals surface area contributed by atoms with Crippen LogP contribution in [0.15, 0.2) is 16.6 Å². The van der Waals surface area contributed by atoms with E-state index in [0.717, 1.165) is 6.07 Å². The lowest BCUT2D eigenvalue weighted by molar-refractivity contribution is -0.384. The molecule has 7 nitrogen and oxygen atoms in total. The number of nitrogens with one attached hydrogen (secondary N) is 1. The molecule has 0 saturated carbocycles. The summed E-state index contributed by atoms with van der Waals surface area (Å²) >= 11 is 3.19. The van der Waals surface area contributed by atoms with Crippen LogP contribution in [-0.4, -0.2) is 35.3 Å². The number of benzene rings is 1. The fourth-order valence-corrected chi connectivity index (χ4v) is 2.02. The number of aliphatic hydroxyl groups excluding tert-OH is 1. The second kappa shape index (κ2) is 6.19. The van der Waals surface area contributed by atoms with Gasteiger partial charge in [-0.1, -0.05) is 0 Å². The summed E-state index contributed by atoms with van der Waals surface area (Å²) in [6.07, 6.45) is 0. The minimum atomic E-state index is -0.750. The normalized spacial score (nSPS) is 11.1. The predicted octanol–water partition coefficient (Wildman–Crippen LogP) is 2.33. The van der Waals surface area contributed by atoms with Crippen molar-refractivity contribution >= 4 is 33.3 Å². The first-order chi connectivity index (χ1) is 9.21. The SMILES string of the molecule is COC(=O)c1cc(Br)c(NC(C)(C)CO)c([N+](=O)[O-])c1. The standard InChI is InChI=1S/C12H15BrN2O5/c1-12(2,6-16)14-10-8(13)4-7(11(17)20-3)5-9(10)15(18)19/h4-5,14,16H,6H2,1-3H3. The Morgan fingerprint density at radius 3 is 2.60 bits per heavy atom. The maximum absolute atomic E-state index is 11.5. The zero-order valence-electron chi connectivity index (χ0n) is 11.3. The Bertz CT molecular complexity index is 545. The third-order valence-electron chi connectivity index (χ3n) is 2.55. The van der Waals surface area contributed by atoms with E-state index in [0.29, 0.717) is 4.47 Å². The number of halogens is 1. The number of methoxy groups -OCH3 is 1. The molecule has 0 aliphatic heterocycles. The van der Waals surface area contributed by atoms with Crippen LogP contribution in [0.3, 0.4) is 0 Å². The molecule has 1 rings (SSSR count). The topological polar surface area (TPSA) is 102 Å². The number of rotatable bonds is 5. The van der Waals surface area contributed by atoms with Gasteiger partial charge in [-0.05, 0) is 35.8 Å². The minimum absolute atomic E-state index is 0.0680. The van der Waals surface area contributed by atoms with Gasteiger partial charge in [-0.15, -0.1) is 0 Å². The Morgan fingerprint density at radius 2 is 2.15 bits per heavy atom. The first kappa shape index (κ1) is 16.4. The van der Waals surface area contributed by atoms with Crippen LogP contribution in [0.1, 0.15) is 24.2 Å². The number of esters is 1. The molecule has 0 radical (unpaired) electrons. The van der Waals surface area contributed by atoms with E-state index in [1.54, 1.807) is 13.8 Å². The summed E-state index contributed by atoms with van der Waals surface area (Å²) in [5, 5.41) is 23.3. The van der Waals surface area contributed by atoms with Crippen molar-refractivity contribution in [1.82, 2.24) is 0 Å². The molecule has 0 saturated heterocycles. The number of hydrogen-bond acceptors (Lipinski definition) is 6. The van der Waals surface area contributed by atoms with Gasteiger partial charge >= 0.3 is 5.97 Å². The molecule has 110 valence electrons. The second-order valence-electron chi connectivity index (χ2n) is 4.77. The molecule has 1 aromatic carbocycles. The number of carbonyl (C=O) groups excluding carboxylic acids is 1. The van der Waals surface area contributed by atoms with Gasteiger partial charge in [0.15, 0.2) is 0 Å². The number of carbonyl (C=O) groups is 1. The van der Waals surface area contributed by atoms with Crippen molar-refractivity contribution in [3.63, 3.8) is 0 Å². The maximum atomic E-state index is 11.5. The van der Waals surface area contributed by atoms with Gasteiger partial charge in [0.25, 0.3) is 5.69 Å². The molecule has 8 heteroatoms. The van der Waals surface area contributed by atoms with Crippen LogP contribution in [-0.2, 0) is 4.74 Å². The van der Waals surface area contributed by atoms with E-state index in [4.69, 9.17) is 0 Å². The van der Waals surface area contributed by atoms with Gasteiger partial charge in [0.2, 0.25) is 0 Å². The highest BCUT2D eigenvalue weighted by atomic mass is 79.9. The Labute approximate surface area is 124 Å². The molecule has 0 heterocycles. The molecular formula is C12H15BrN2O5. The van der Waals surface area contributed by atoms with Gasteiger partial charge in [-0.25, -0.2) is 4.79 Å². The molecule has 0 amide bonds. The van der Waals surface area contributed by atoms with Gasteiger partial charge in [-0.3, -0.25) is 10.1 Å². The van der Waals surface area contributed by atoms with Gasteiger partial charge in [-0.2, -0.15) is 0 Å². The maximum Gasteiger partial charge on any atom is 0.338 e. The number of nitro groups is 1. The summed E-state index contributed by atoms with van der Waals surface area (Å²) in [5.74, 6) is -0.665. The lowest BCUT2D eigenvalue weighted by Crippen LogP contribution is -2.35. The van der Waals surface area contributed by atoms with E-state index in [-0.39, 0.29) is 23.5 Å². The van der Waals surface area contributed by atoms with Gasteiger partial charge in [0.1, 0.15) is 5.69 Å². The van der Waals surface area contributed by atoms with Gasteiger partial charge in [0, 0.05) is 10.5 Å². The fraction of sp³-hybridized carbons (Fsp3) is 0.417. The van der Waals surface area contributed by atoms with Crippen molar-refractivity contribution in [2.24, 2.45) is 0 Å². The molecule has 0 fully saturated rings. The highest BCUT2D eigenvalue weighted by molar-refractivity contribution is 9.10. The molecule has 0 spiro atoms. The summed E-state index contributed by atoms with van der Waals surface area (Å²) < 4.78 is 4.89. The highest BCUT2D eigenvalue weighted by Crippen LogP contribution is 2.36. The van der Waals surface area contributed by atoms with E-state index in [2.05, 4.69) is 26.0 Å². The van der Waals surface area contributed by atoms with Crippen molar-refractivity contribution in [3.8, 4) is 0 Å². The number of anilines is 1. The number of nitrogens with zero attached hydrogens (tertiary/aromatic N) is 1. The predicted molar refractivity (Wildman–Crippen MR) is 76.9 cm³/mol. The van der Waals surface area contributed by atoms with Crippen molar-refractivity contribution in [2.75, 3.05) is 19.0 Å². The van der Waals surface area contributed by atoms with Crippen molar-refractivity contribution < 1.29 is 19.6 Å². The third-order valence-corrected chi connectivity index (χ3v) is 3.17. The average Bonchev–Trinajstić information content (AvgIpc) is 2.39. The first-order valence-electron chi connectivity index (χ1n) is 5.67. The zero-order valence-corrected chi connectivity index (χ0v) is 12.9. The number of hydrogen-bond donors (Lipinski definition) is 2. The molecule has 2 N–H and O–H groups in total. The molecule has 1 aromatic rings. The summed E-state index contributed by atoms with van der Waals surface area (Å²) in [6, 6.07) is 2.56. The summed E-state index contributed by atoms with van der Waals surface area (Å²) in [7, 11) is 1.20. The van der Waals surface area contributed by atoms with Crippen molar-refractivity contribution in [2.45, 2.75) is 19.4 Å². The summed E-state index contributed by atoms with van der Waals surface area (Å²) in [6.45, 7) is 3.17. The Kier molecular flexibility index (Phi) is 5.07. The van der Waals surface area contributed by atoms with Crippen molar-refractivity contribution in [1.29, 1.82) is 0 Å². The van der Waals surface area contributed by atoms with Gasteiger partial charge < -0.3 is 15.2 Å². The highest BCUT2D eigenvalue weighted by Gasteiger charge is 2.26. The van der Waals surface area contributed by atoms with Crippen LogP contribution < -0.4 is 5.32 Å². The molecule has 0 aliphatic rings. The number of ether oxygens (including phenoxy) is 1. The van der Waals surface area contributed by atoms with E-state index in [1.165, 1.54) is 13.2 Å². The molecule has 0 unspecified atom stereocenters. The molecular weight excluding hydrogens is 332 g/mol. The van der Waals surface area contributed by atoms with E-state index >= 15 is 0 Å².